The molecule has 2 rings (SSSR count). The van der Waals surface area contributed by atoms with Crippen LogP contribution in [0.2, 0.25) is 29.4 Å². The van der Waals surface area contributed by atoms with Crippen LogP contribution in [0, 0.1) is 5.92 Å². The van der Waals surface area contributed by atoms with Crippen molar-refractivity contribution in [1.82, 2.24) is 0 Å². The van der Waals surface area contributed by atoms with E-state index in [4.69, 9.17) is 4.74 Å². The van der Waals surface area contributed by atoms with E-state index in [-0.39, 0.29) is 0 Å². The molecule has 0 radical (unpaired) electrons. The van der Waals surface area contributed by atoms with Gasteiger partial charge in [0.1, 0.15) is 0 Å². The van der Waals surface area contributed by atoms with Gasteiger partial charge in [0.25, 0.3) is 0 Å². The summed E-state index contributed by atoms with van der Waals surface area (Å²) in [6.07, 6.45) is 9.99. The molecule has 2 heterocycles. The van der Waals surface area contributed by atoms with Crippen molar-refractivity contribution >= 4 is 20.0 Å². The van der Waals surface area contributed by atoms with Gasteiger partial charge in [0.05, 0.1) is 0 Å². The molecule has 0 N–H and O–H groups in total. The van der Waals surface area contributed by atoms with Crippen LogP contribution in [0.4, 0.5) is 0 Å². The third-order valence-electron chi connectivity index (χ3n) is 5.25. The molecule has 0 atom stereocenters. The van der Waals surface area contributed by atoms with Crippen LogP contribution in [0.5, 0.6) is 0 Å². The second kappa shape index (κ2) is 6.28. The summed E-state index contributed by atoms with van der Waals surface area (Å²) in [5.74, 6) is 9.27. The Hall–Kier alpha value is 0.148. The molecule has 0 aromatic rings. The van der Waals surface area contributed by atoms with Crippen LogP contribution in [-0.2, 0) is 4.74 Å². The summed E-state index contributed by atoms with van der Waals surface area (Å²) in [5.41, 5.74) is 1.79. The summed E-state index contributed by atoms with van der Waals surface area (Å²) < 4.78 is 7.50. The fourth-order valence-electron chi connectivity index (χ4n) is 4.58. The summed E-state index contributed by atoms with van der Waals surface area (Å²) >= 11 is -1.88. The van der Waals surface area contributed by atoms with Gasteiger partial charge in [-0.15, -0.1) is 0 Å². The minimum atomic E-state index is -1.88. The summed E-state index contributed by atoms with van der Waals surface area (Å²) in [7, 11) is 1.93. The van der Waals surface area contributed by atoms with Crippen molar-refractivity contribution in [2.24, 2.45) is 5.92 Å². The molecule has 2 fully saturated rings. The molecule has 0 unspecified atom stereocenters. The first kappa shape index (κ1) is 15.5. The molecule has 2 aliphatic rings. The van der Waals surface area contributed by atoms with Gasteiger partial charge in [0.15, 0.2) is 0 Å². The fourth-order valence-corrected chi connectivity index (χ4v) is 8.49. The van der Waals surface area contributed by atoms with E-state index in [2.05, 4.69) is 24.2 Å². The SMILES string of the molecule is CCB1/C(=[C](\OC)[Ge]([CH3])([CH3])[CH3])C2CCCC1CCC2. The molecule has 19 heavy (non-hydrogen) atoms. The zero-order chi connectivity index (χ0) is 14.0. The number of methoxy groups -OCH3 is 1. The van der Waals surface area contributed by atoms with Crippen LogP contribution in [0.3, 0.4) is 0 Å². The Morgan fingerprint density at radius 3 is 2.16 bits per heavy atom. The standard InChI is InChI=1S/C16H31BGeO/c1-6-17-14-11-7-9-13(10-8-12-14)15(17)16(19-5)18(2,3)4/h13-14H,6-12H2,1-5H3/b16-15-. The van der Waals surface area contributed by atoms with Crippen molar-refractivity contribution in [3.63, 3.8) is 0 Å². The van der Waals surface area contributed by atoms with Gasteiger partial charge in [0.2, 0.25) is 0 Å². The molecule has 0 aromatic carbocycles. The Balaban J connectivity index is 2.51. The molecule has 2 aliphatic heterocycles. The quantitative estimate of drug-likeness (QED) is 0.514. The van der Waals surface area contributed by atoms with Crippen molar-refractivity contribution in [2.45, 2.75) is 74.9 Å². The molecule has 0 aliphatic carbocycles. The third-order valence-corrected chi connectivity index (χ3v) is 9.14. The molecule has 2 bridgehead atoms. The van der Waals surface area contributed by atoms with Gasteiger partial charge in [0, 0.05) is 0 Å². The molecule has 0 aromatic heterocycles. The fraction of sp³-hybridized carbons (Fsp3) is 0.875. The number of hydrogen-bond acceptors (Lipinski definition) is 1. The zero-order valence-corrected chi connectivity index (χ0v) is 15.7. The Morgan fingerprint density at radius 2 is 1.74 bits per heavy atom. The van der Waals surface area contributed by atoms with Crippen molar-refractivity contribution in [3.05, 3.63) is 10.1 Å². The van der Waals surface area contributed by atoms with Gasteiger partial charge in [-0.05, 0) is 0 Å². The number of allylic oxidation sites excluding steroid dienone is 1. The van der Waals surface area contributed by atoms with Gasteiger partial charge in [-0.3, -0.25) is 0 Å². The molecular formula is C16H31BGeO. The maximum atomic E-state index is 6.01. The monoisotopic (exact) mass is 324 g/mol. The second-order valence-corrected chi connectivity index (χ2v) is 18.0. The average Bonchev–Trinajstić information content (AvgIpc) is 2.55. The number of ether oxygens (including phenoxy) is 1. The van der Waals surface area contributed by atoms with Crippen LogP contribution in [0.1, 0.15) is 45.4 Å². The summed E-state index contributed by atoms with van der Waals surface area (Å²) in [6, 6.07) is 0. The van der Waals surface area contributed by atoms with Crippen molar-refractivity contribution in [3.8, 4) is 0 Å². The van der Waals surface area contributed by atoms with E-state index in [0.29, 0.717) is 0 Å². The zero-order valence-electron chi connectivity index (χ0n) is 13.6. The Morgan fingerprint density at radius 1 is 1.16 bits per heavy atom. The number of rotatable bonds is 3. The van der Waals surface area contributed by atoms with Crippen LogP contribution < -0.4 is 0 Å². The van der Waals surface area contributed by atoms with Gasteiger partial charge >= 0.3 is 123 Å². The van der Waals surface area contributed by atoms with Crippen LogP contribution in [-0.4, -0.2) is 27.1 Å². The molecule has 3 heteroatoms. The van der Waals surface area contributed by atoms with Crippen LogP contribution >= 0.6 is 0 Å². The van der Waals surface area contributed by atoms with E-state index >= 15 is 0 Å². The molecule has 0 saturated carbocycles. The van der Waals surface area contributed by atoms with Crippen molar-refractivity contribution in [1.29, 1.82) is 0 Å². The van der Waals surface area contributed by atoms with E-state index in [9.17, 15) is 0 Å². The third kappa shape index (κ3) is 3.25. The first-order chi connectivity index (χ1) is 8.99. The second-order valence-electron chi connectivity index (χ2n) is 7.57. The summed E-state index contributed by atoms with van der Waals surface area (Å²) in [5, 5.41) is 0. The molecule has 2 saturated heterocycles. The molecule has 1 nitrogen and oxygen atoms in total. The van der Waals surface area contributed by atoms with Crippen LogP contribution in [0.25, 0.3) is 0 Å². The average molecular weight is 323 g/mol. The van der Waals surface area contributed by atoms with E-state index in [1.165, 1.54) is 49.4 Å². The van der Waals surface area contributed by atoms with Gasteiger partial charge in [-0.25, -0.2) is 0 Å². The van der Waals surface area contributed by atoms with Crippen molar-refractivity contribution < 1.29 is 4.74 Å². The topological polar surface area (TPSA) is 9.23 Å². The molecular weight excluding hydrogens is 292 g/mol. The first-order valence-electron chi connectivity index (χ1n) is 8.27. The van der Waals surface area contributed by atoms with E-state index in [1.54, 1.807) is 5.47 Å². The minimum absolute atomic E-state index is 0.829. The normalized spacial score (nSPS) is 30.9. The van der Waals surface area contributed by atoms with Gasteiger partial charge in [-0.1, -0.05) is 0 Å². The maximum absolute atomic E-state index is 6.01. The van der Waals surface area contributed by atoms with Crippen molar-refractivity contribution in [2.75, 3.05) is 7.11 Å². The Bertz CT molecular complexity index is 335. The van der Waals surface area contributed by atoms with E-state index in [1.807, 2.05) is 7.11 Å². The Labute approximate surface area is 123 Å². The predicted molar refractivity (Wildman–Crippen MR) is 88.6 cm³/mol. The van der Waals surface area contributed by atoms with E-state index in [0.717, 1.165) is 18.4 Å². The predicted octanol–water partition coefficient (Wildman–Crippen LogP) is 5.17. The molecule has 0 spiro atoms. The Kier molecular flexibility index (Phi) is 5.14. The first-order valence-corrected chi connectivity index (χ1v) is 15.6. The van der Waals surface area contributed by atoms with Gasteiger partial charge < -0.3 is 0 Å². The van der Waals surface area contributed by atoms with E-state index < -0.39 is 13.3 Å². The molecule has 108 valence electrons. The summed E-state index contributed by atoms with van der Waals surface area (Å²) in [4.78, 5) is 0. The molecule has 0 amide bonds. The number of hydrogen-bond donors (Lipinski definition) is 0. The summed E-state index contributed by atoms with van der Waals surface area (Å²) in [6.45, 7) is 3.23. The number of fused-ring (bicyclic) bond motifs is 3. The van der Waals surface area contributed by atoms with Crippen LogP contribution in [0.15, 0.2) is 10.1 Å². The van der Waals surface area contributed by atoms with Gasteiger partial charge in [-0.2, -0.15) is 0 Å².